The molecule has 178 valence electrons. The molecule has 0 radical (unpaired) electrons. The van der Waals surface area contributed by atoms with Gasteiger partial charge in [-0.25, -0.2) is 4.98 Å². The van der Waals surface area contributed by atoms with Gasteiger partial charge in [0.2, 0.25) is 5.13 Å². The van der Waals surface area contributed by atoms with E-state index in [2.05, 4.69) is 20.3 Å². The number of thiazole rings is 1. The smallest absolute Gasteiger partial charge is 0.286 e. The highest BCUT2D eigenvalue weighted by Crippen LogP contribution is 2.35. The standard InChI is InChI=1S/C24H14Cl2N6O3S/c25-17-7-4-8-18(26)21(17)28-29-22-20(15-9-11-16(12-10-15)32(34)35)30-31(23(22)33)24-27-19(13-36-24)14-5-2-1-3-6-14/h1-13,30H. The summed E-state index contributed by atoms with van der Waals surface area (Å²) in [5, 5.41) is 25.2. The van der Waals surface area contributed by atoms with E-state index < -0.39 is 10.5 Å². The molecule has 2 aromatic heterocycles. The van der Waals surface area contributed by atoms with Crippen LogP contribution in [0.2, 0.25) is 10.0 Å². The SMILES string of the molecule is O=c1c(N=Nc2c(Cl)cccc2Cl)c(-c2ccc([N+](=O)[O-])cc2)[nH]n1-c1nc(-c2ccccc2)cs1. The first kappa shape index (κ1) is 23.6. The third-order valence-electron chi connectivity index (χ3n) is 5.17. The van der Waals surface area contributed by atoms with Crippen molar-refractivity contribution in [2.75, 3.05) is 0 Å². The van der Waals surface area contributed by atoms with Crippen LogP contribution in [0.1, 0.15) is 0 Å². The zero-order valence-corrected chi connectivity index (χ0v) is 20.5. The van der Waals surface area contributed by atoms with Crippen molar-refractivity contribution >= 4 is 51.6 Å². The Morgan fingerprint density at radius 3 is 2.22 bits per heavy atom. The van der Waals surface area contributed by atoms with E-state index in [4.69, 9.17) is 23.2 Å². The summed E-state index contributed by atoms with van der Waals surface area (Å²) >= 11 is 13.7. The fourth-order valence-electron chi connectivity index (χ4n) is 3.40. The fourth-order valence-corrected chi connectivity index (χ4v) is 4.66. The lowest BCUT2D eigenvalue weighted by Crippen LogP contribution is -2.13. The van der Waals surface area contributed by atoms with Gasteiger partial charge in [-0.1, -0.05) is 59.6 Å². The van der Waals surface area contributed by atoms with Gasteiger partial charge >= 0.3 is 5.56 Å². The minimum Gasteiger partial charge on any atom is -0.286 e. The maximum atomic E-state index is 13.4. The Balaban J connectivity index is 1.63. The van der Waals surface area contributed by atoms with E-state index in [1.54, 1.807) is 18.2 Å². The number of aromatic nitrogens is 3. The van der Waals surface area contributed by atoms with E-state index in [0.717, 1.165) is 5.56 Å². The number of nitro benzene ring substituents is 1. The Morgan fingerprint density at radius 1 is 0.889 bits per heavy atom. The van der Waals surface area contributed by atoms with Crippen molar-refractivity contribution in [3.8, 4) is 27.6 Å². The van der Waals surface area contributed by atoms with Crippen molar-refractivity contribution in [1.82, 2.24) is 14.8 Å². The number of hydrogen-bond donors (Lipinski definition) is 1. The summed E-state index contributed by atoms with van der Waals surface area (Å²) in [6.45, 7) is 0. The molecular weight excluding hydrogens is 523 g/mol. The second-order valence-electron chi connectivity index (χ2n) is 7.43. The van der Waals surface area contributed by atoms with Crippen LogP contribution in [-0.2, 0) is 0 Å². The molecule has 0 unspecified atom stereocenters. The number of benzene rings is 3. The van der Waals surface area contributed by atoms with Crippen LogP contribution in [0.5, 0.6) is 0 Å². The highest BCUT2D eigenvalue weighted by Gasteiger charge is 2.20. The van der Waals surface area contributed by atoms with E-state index >= 15 is 0 Å². The summed E-state index contributed by atoms with van der Waals surface area (Å²) in [6.07, 6.45) is 0. The van der Waals surface area contributed by atoms with Gasteiger partial charge < -0.3 is 0 Å². The number of nitro groups is 1. The molecule has 0 amide bonds. The first-order valence-corrected chi connectivity index (χ1v) is 12.0. The minimum absolute atomic E-state index is 0.0312. The predicted molar refractivity (Wildman–Crippen MR) is 140 cm³/mol. The number of nitrogens with one attached hydrogen (secondary N) is 1. The average Bonchev–Trinajstić information content (AvgIpc) is 3.49. The summed E-state index contributed by atoms with van der Waals surface area (Å²) in [5.74, 6) is 0. The first-order chi connectivity index (χ1) is 17.4. The maximum Gasteiger partial charge on any atom is 0.301 e. The molecule has 0 fully saturated rings. The van der Waals surface area contributed by atoms with Crippen molar-refractivity contribution in [2.24, 2.45) is 10.2 Å². The van der Waals surface area contributed by atoms with Crippen LogP contribution < -0.4 is 5.56 Å². The number of H-pyrrole nitrogens is 1. The molecule has 5 rings (SSSR count). The molecule has 0 saturated carbocycles. The van der Waals surface area contributed by atoms with E-state index in [1.165, 1.54) is 40.3 Å². The number of azo groups is 1. The third kappa shape index (κ3) is 4.57. The summed E-state index contributed by atoms with van der Waals surface area (Å²) in [7, 11) is 0. The summed E-state index contributed by atoms with van der Waals surface area (Å²) < 4.78 is 1.26. The summed E-state index contributed by atoms with van der Waals surface area (Å²) in [6, 6.07) is 20.2. The van der Waals surface area contributed by atoms with Crippen LogP contribution >= 0.6 is 34.5 Å². The summed E-state index contributed by atoms with van der Waals surface area (Å²) in [4.78, 5) is 28.6. The number of rotatable bonds is 6. The topological polar surface area (TPSA) is 119 Å². The van der Waals surface area contributed by atoms with Gasteiger partial charge in [0.15, 0.2) is 5.69 Å². The molecule has 9 nitrogen and oxygen atoms in total. The normalized spacial score (nSPS) is 11.3. The molecule has 0 spiro atoms. The Hall–Kier alpha value is -4.12. The molecule has 3 aromatic carbocycles. The highest BCUT2D eigenvalue weighted by molar-refractivity contribution is 7.12. The van der Waals surface area contributed by atoms with Gasteiger partial charge in [0.05, 0.1) is 26.4 Å². The molecule has 0 aliphatic heterocycles. The fraction of sp³-hybridized carbons (Fsp3) is 0. The van der Waals surface area contributed by atoms with Gasteiger partial charge in [-0.15, -0.1) is 21.6 Å². The molecule has 0 aliphatic rings. The third-order valence-corrected chi connectivity index (χ3v) is 6.61. The number of aromatic amines is 1. The average molecular weight is 537 g/mol. The minimum atomic E-state index is -0.510. The lowest BCUT2D eigenvalue weighted by Gasteiger charge is -2.01. The maximum absolute atomic E-state index is 13.4. The number of non-ortho nitro benzene ring substituents is 1. The second kappa shape index (κ2) is 9.86. The molecule has 0 aliphatic carbocycles. The quantitative estimate of drug-likeness (QED) is 0.136. The van der Waals surface area contributed by atoms with Crippen LogP contribution in [0.3, 0.4) is 0 Å². The van der Waals surface area contributed by atoms with E-state index in [-0.39, 0.29) is 27.1 Å². The van der Waals surface area contributed by atoms with Crippen molar-refractivity contribution < 1.29 is 4.92 Å². The van der Waals surface area contributed by atoms with Gasteiger partial charge in [0.1, 0.15) is 5.69 Å². The molecule has 5 aromatic rings. The lowest BCUT2D eigenvalue weighted by molar-refractivity contribution is -0.384. The van der Waals surface area contributed by atoms with Crippen LogP contribution in [0.15, 0.2) is 93.2 Å². The van der Waals surface area contributed by atoms with Crippen LogP contribution in [0, 0.1) is 10.1 Å². The van der Waals surface area contributed by atoms with Crippen LogP contribution in [0.25, 0.3) is 27.6 Å². The van der Waals surface area contributed by atoms with Crippen molar-refractivity contribution in [1.29, 1.82) is 0 Å². The number of hydrogen-bond acceptors (Lipinski definition) is 7. The van der Waals surface area contributed by atoms with Crippen LogP contribution in [0.4, 0.5) is 17.1 Å². The monoisotopic (exact) mass is 536 g/mol. The van der Waals surface area contributed by atoms with E-state index in [0.29, 0.717) is 22.1 Å². The second-order valence-corrected chi connectivity index (χ2v) is 9.08. The van der Waals surface area contributed by atoms with Crippen LogP contribution in [-0.4, -0.2) is 19.7 Å². The van der Waals surface area contributed by atoms with Gasteiger partial charge in [-0.3, -0.25) is 20.0 Å². The van der Waals surface area contributed by atoms with Gasteiger partial charge in [-0.2, -0.15) is 4.68 Å². The largest absolute Gasteiger partial charge is 0.301 e. The zero-order chi connectivity index (χ0) is 25.2. The van der Waals surface area contributed by atoms with Gasteiger partial charge in [0, 0.05) is 28.6 Å². The number of halogens is 2. The molecule has 0 saturated heterocycles. The Kier molecular flexibility index (Phi) is 6.47. The van der Waals surface area contributed by atoms with E-state index in [1.807, 2.05) is 35.7 Å². The lowest BCUT2D eigenvalue weighted by atomic mass is 10.1. The molecular formula is C24H14Cl2N6O3S. The molecule has 1 N–H and O–H groups in total. The molecule has 36 heavy (non-hydrogen) atoms. The Labute approximate surface area is 217 Å². The number of nitrogens with zero attached hydrogens (tertiary/aromatic N) is 5. The molecule has 2 heterocycles. The van der Waals surface area contributed by atoms with Crippen molar-refractivity contribution in [2.45, 2.75) is 0 Å². The van der Waals surface area contributed by atoms with E-state index in [9.17, 15) is 14.9 Å². The van der Waals surface area contributed by atoms with Gasteiger partial charge in [-0.05, 0) is 24.3 Å². The Bertz CT molecular complexity index is 1640. The molecule has 12 heteroatoms. The zero-order valence-electron chi connectivity index (χ0n) is 18.1. The first-order valence-electron chi connectivity index (χ1n) is 10.4. The molecule has 0 bridgehead atoms. The Morgan fingerprint density at radius 2 is 1.56 bits per heavy atom. The predicted octanol–water partition coefficient (Wildman–Crippen LogP) is 7.59. The van der Waals surface area contributed by atoms with Gasteiger partial charge in [0.25, 0.3) is 5.69 Å². The van der Waals surface area contributed by atoms with Crippen molar-refractivity contribution in [3.05, 3.63) is 109 Å². The highest BCUT2D eigenvalue weighted by atomic mass is 35.5. The summed E-state index contributed by atoms with van der Waals surface area (Å²) in [5.41, 5.74) is 2.00. The molecule has 0 atom stereocenters. The van der Waals surface area contributed by atoms with Crippen molar-refractivity contribution in [3.63, 3.8) is 0 Å².